The molecule has 3 heteroatoms. The molecule has 1 nitrogen and oxygen atoms in total. The van der Waals surface area contributed by atoms with Crippen LogP contribution in [0.5, 0.6) is 0 Å². The van der Waals surface area contributed by atoms with Crippen molar-refractivity contribution in [1.82, 2.24) is 0 Å². The van der Waals surface area contributed by atoms with Crippen molar-refractivity contribution in [3.8, 4) is 0 Å². The van der Waals surface area contributed by atoms with E-state index < -0.39 is 0 Å². The van der Waals surface area contributed by atoms with E-state index in [1.807, 2.05) is 0 Å². The smallest absolute Gasteiger partial charge is 0.0567 e. The van der Waals surface area contributed by atoms with Crippen LogP contribution in [-0.4, -0.2) is 0 Å². The van der Waals surface area contributed by atoms with Crippen LogP contribution in [0.25, 0.3) is 0 Å². The number of halogens is 2. The van der Waals surface area contributed by atoms with Crippen LogP contribution in [0.2, 0.25) is 0 Å². The van der Waals surface area contributed by atoms with E-state index >= 15 is 0 Å². The summed E-state index contributed by atoms with van der Waals surface area (Å²) in [5.41, 5.74) is 4.27. The molecule has 0 aliphatic heterocycles. The molecule has 2 aromatic rings. The Kier molecular flexibility index (Phi) is 4.15. The van der Waals surface area contributed by atoms with E-state index in [1.165, 1.54) is 24.0 Å². The maximum absolute atomic E-state index is 3.76. The van der Waals surface area contributed by atoms with Gasteiger partial charge in [-0.2, -0.15) is 0 Å². The maximum atomic E-state index is 3.76. The normalized spacial score (nSPS) is 19.9. The second-order valence-corrected chi connectivity index (χ2v) is 8.16. The molecule has 0 amide bonds. The van der Waals surface area contributed by atoms with Gasteiger partial charge in [0.2, 0.25) is 0 Å². The number of rotatable bonds is 2. The Morgan fingerprint density at radius 3 is 2.67 bits per heavy atom. The largest absolute Gasteiger partial charge is 0.377 e. The lowest BCUT2D eigenvalue weighted by atomic mass is 9.70. The maximum Gasteiger partial charge on any atom is 0.0567 e. The standard InChI is InChI=1S/C18H19Br2N/c1-18(2)10-9-12-5-3-4-6-14(12)17(18)21-16-11-13(19)7-8-15(16)20/h3-8,11,17,21H,9-10H2,1-2H3. The van der Waals surface area contributed by atoms with Crippen molar-refractivity contribution in [2.24, 2.45) is 5.41 Å². The van der Waals surface area contributed by atoms with Gasteiger partial charge in [0.1, 0.15) is 0 Å². The molecular weight excluding hydrogens is 390 g/mol. The van der Waals surface area contributed by atoms with Crippen molar-refractivity contribution < 1.29 is 0 Å². The fourth-order valence-corrected chi connectivity index (χ4v) is 3.82. The second kappa shape index (κ2) is 5.77. The first-order valence-corrected chi connectivity index (χ1v) is 8.85. The Labute approximate surface area is 143 Å². The molecule has 0 radical (unpaired) electrons. The van der Waals surface area contributed by atoms with Gasteiger partial charge in [-0.15, -0.1) is 0 Å². The molecule has 1 aliphatic rings. The van der Waals surface area contributed by atoms with Crippen molar-refractivity contribution in [2.45, 2.75) is 32.7 Å². The SMILES string of the molecule is CC1(C)CCc2ccccc2C1Nc1cc(Br)ccc1Br. The highest BCUT2D eigenvalue weighted by atomic mass is 79.9. The summed E-state index contributed by atoms with van der Waals surface area (Å²) >= 11 is 7.21. The summed E-state index contributed by atoms with van der Waals surface area (Å²) in [6, 6.07) is 15.4. The molecule has 0 saturated heterocycles. The Bertz CT molecular complexity index is 664. The summed E-state index contributed by atoms with van der Waals surface area (Å²) in [7, 11) is 0. The summed E-state index contributed by atoms with van der Waals surface area (Å²) in [4.78, 5) is 0. The fraction of sp³-hybridized carbons (Fsp3) is 0.333. The summed E-state index contributed by atoms with van der Waals surface area (Å²) in [5, 5.41) is 3.76. The molecule has 1 unspecified atom stereocenters. The van der Waals surface area contributed by atoms with Gasteiger partial charge in [0.25, 0.3) is 0 Å². The minimum Gasteiger partial charge on any atom is -0.377 e. The third-order valence-corrected chi connectivity index (χ3v) is 5.60. The van der Waals surface area contributed by atoms with E-state index in [0.29, 0.717) is 6.04 Å². The van der Waals surface area contributed by atoms with Crippen molar-refractivity contribution in [2.75, 3.05) is 5.32 Å². The van der Waals surface area contributed by atoms with Crippen LogP contribution < -0.4 is 5.32 Å². The lowest BCUT2D eigenvalue weighted by molar-refractivity contribution is 0.265. The predicted molar refractivity (Wildman–Crippen MR) is 96.7 cm³/mol. The average molecular weight is 409 g/mol. The first-order valence-electron chi connectivity index (χ1n) is 7.27. The van der Waals surface area contributed by atoms with Crippen LogP contribution in [0.3, 0.4) is 0 Å². The highest BCUT2D eigenvalue weighted by Crippen LogP contribution is 2.46. The average Bonchev–Trinajstić information content (AvgIpc) is 2.46. The van der Waals surface area contributed by atoms with Crippen molar-refractivity contribution in [1.29, 1.82) is 0 Å². The monoisotopic (exact) mass is 407 g/mol. The molecule has 110 valence electrons. The zero-order chi connectivity index (χ0) is 15.0. The molecule has 0 spiro atoms. The molecule has 2 aromatic carbocycles. The molecular formula is C18H19Br2N. The number of aryl methyl sites for hydroxylation is 1. The molecule has 3 rings (SSSR count). The number of benzene rings is 2. The highest BCUT2D eigenvalue weighted by molar-refractivity contribution is 9.11. The number of anilines is 1. The topological polar surface area (TPSA) is 12.0 Å². The first-order chi connectivity index (χ1) is 9.97. The van der Waals surface area contributed by atoms with Crippen LogP contribution in [0.4, 0.5) is 5.69 Å². The molecule has 0 saturated carbocycles. The molecule has 0 fully saturated rings. The van der Waals surface area contributed by atoms with Gasteiger partial charge in [-0.05, 0) is 63.5 Å². The predicted octanol–water partition coefficient (Wildman–Crippen LogP) is 6.34. The highest BCUT2D eigenvalue weighted by Gasteiger charge is 2.35. The van der Waals surface area contributed by atoms with E-state index in [4.69, 9.17) is 0 Å². The second-order valence-electron chi connectivity index (χ2n) is 6.39. The van der Waals surface area contributed by atoms with Gasteiger partial charge in [-0.25, -0.2) is 0 Å². The van der Waals surface area contributed by atoms with Gasteiger partial charge in [0, 0.05) is 8.95 Å². The Balaban J connectivity index is 2.01. The zero-order valence-corrected chi connectivity index (χ0v) is 15.5. The van der Waals surface area contributed by atoms with Gasteiger partial charge < -0.3 is 5.32 Å². The molecule has 21 heavy (non-hydrogen) atoms. The van der Waals surface area contributed by atoms with E-state index in [0.717, 1.165) is 14.6 Å². The van der Waals surface area contributed by atoms with Gasteiger partial charge in [0.05, 0.1) is 11.7 Å². The zero-order valence-electron chi connectivity index (χ0n) is 12.3. The third kappa shape index (κ3) is 3.04. The van der Waals surface area contributed by atoms with Gasteiger partial charge >= 0.3 is 0 Å². The first kappa shape index (κ1) is 15.1. The van der Waals surface area contributed by atoms with Crippen LogP contribution in [0, 0.1) is 5.41 Å². The number of nitrogens with one attached hydrogen (secondary N) is 1. The minimum atomic E-state index is 0.232. The molecule has 1 N–H and O–H groups in total. The van der Waals surface area contributed by atoms with Crippen molar-refractivity contribution >= 4 is 37.5 Å². The lowest BCUT2D eigenvalue weighted by Crippen LogP contribution is -2.33. The molecule has 1 aliphatic carbocycles. The van der Waals surface area contributed by atoms with Gasteiger partial charge in [-0.3, -0.25) is 0 Å². The Morgan fingerprint density at radius 2 is 1.86 bits per heavy atom. The van der Waals surface area contributed by atoms with E-state index in [1.54, 1.807) is 0 Å². The van der Waals surface area contributed by atoms with Gasteiger partial charge in [-0.1, -0.05) is 54.0 Å². The summed E-state index contributed by atoms with van der Waals surface area (Å²) in [6.07, 6.45) is 2.37. The van der Waals surface area contributed by atoms with Crippen LogP contribution in [0.1, 0.15) is 37.4 Å². The van der Waals surface area contributed by atoms with E-state index in [9.17, 15) is 0 Å². The third-order valence-electron chi connectivity index (χ3n) is 4.41. The van der Waals surface area contributed by atoms with Crippen LogP contribution >= 0.6 is 31.9 Å². The molecule has 0 bridgehead atoms. The quantitative estimate of drug-likeness (QED) is 0.611. The molecule has 0 heterocycles. The summed E-state index contributed by atoms with van der Waals surface area (Å²) in [5.74, 6) is 0. The summed E-state index contributed by atoms with van der Waals surface area (Å²) < 4.78 is 2.19. The number of fused-ring (bicyclic) bond motifs is 1. The van der Waals surface area contributed by atoms with Crippen LogP contribution in [0.15, 0.2) is 51.4 Å². The fourth-order valence-electron chi connectivity index (χ4n) is 3.10. The Hall–Kier alpha value is -0.800. The van der Waals surface area contributed by atoms with E-state index in [-0.39, 0.29) is 5.41 Å². The van der Waals surface area contributed by atoms with E-state index in [2.05, 4.69) is 93.5 Å². The number of hydrogen-bond acceptors (Lipinski definition) is 1. The van der Waals surface area contributed by atoms with Crippen LogP contribution in [-0.2, 0) is 6.42 Å². The molecule has 0 aromatic heterocycles. The molecule has 1 atom stereocenters. The Morgan fingerprint density at radius 1 is 1.10 bits per heavy atom. The minimum absolute atomic E-state index is 0.232. The van der Waals surface area contributed by atoms with Gasteiger partial charge in [0.15, 0.2) is 0 Å². The number of hydrogen-bond donors (Lipinski definition) is 1. The van der Waals surface area contributed by atoms with Crippen molar-refractivity contribution in [3.05, 3.63) is 62.5 Å². The summed E-state index contributed by atoms with van der Waals surface area (Å²) in [6.45, 7) is 4.71. The van der Waals surface area contributed by atoms with Crippen molar-refractivity contribution in [3.63, 3.8) is 0 Å². The lowest BCUT2D eigenvalue weighted by Gasteiger charge is -2.41.